The van der Waals surface area contributed by atoms with Gasteiger partial charge in [-0.15, -0.1) is 5.10 Å². The number of amides is 1. The van der Waals surface area contributed by atoms with E-state index in [1.165, 1.54) is 7.11 Å². The zero-order valence-electron chi connectivity index (χ0n) is 14.1. The summed E-state index contributed by atoms with van der Waals surface area (Å²) in [5, 5.41) is 15.4. The van der Waals surface area contributed by atoms with Crippen LogP contribution in [0.4, 0.5) is 0 Å². The van der Waals surface area contributed by atoms with Gasteiger partial charge in [-0.05, 0) is 54.2 Å². The second-order valence-corrected chi connectivity index (χ2v) is 6.50. The molecule has 1 aromatic carbocycles. The summed E-state index contributed by atoms with van der Waals surface area (Å²) in [6.45, 7) is 2.27. The molecule has 1 saturated carbocycles. The van der Waals surface area contributed by atoms with Gasteiger partial charge in [-0.3, -0.25) is 4.79 Å². The van der Waals surface area contributed by atoms with Crippen LogP contribution in [0.25, 0.3) is 5.69 Å². The summed E-state index contributed by atoms with van der Waals surface area (Å²) in [7, 11) is 1.52. The third kappa shape index (κ3) is 3.31. The fraction of sp³-hybridized carbons (Fsp3) is 0.529. The number of methoxy groups -OCH3 is 1. The fourth-order valence-corrected chi connectivity index (χ4v) is 3.32. The van der Waals surface area contributed by atoms with Gasteiger partial charge in [-0.1, -0.05) is 25.1 Å². The second-order valence-electron chi connectivity index (χ2n) is 6.50. The van der Waals surface area contributed by atoms with Crippen molar-refractivity contribution in [3.63, 3.8) is 0 Å². The Labute approximate surface area is 141 Å². The molecule has 0 aliphatic heterocycles. The van der Waals surface area contributed by atoms with Crippen LogP contribution in [0.3, 0.4) is 0 Å². The van der Waals surface area contributed by atoms with E-state index in [0.717, 1.165) is 31.4 Å². The Hall–Kier alpha value is -2.28. The Balaban J connectivity index is 1.98. The highest BCUT2D eigenvalue weighted by Gasteiger charge is 2.42. The van der Waals surface area contributed by atoms with Crippen molar-refractivity contribution in [3.8, 4) is 5.69 Å². The number of hydrogen-bond acceptors (Lipinski definition) is 5. The quantitative estimate of drug-likeness (QED) is 0.905. The Kier molecular flexibility index (Phi) is 4.89. The molecule has 3 rings (SSSR count). The van der Waals surface area contributed by atoms with E-state index in [-0.39, 0.29) is 12.5 Å². The number of carbonyl (C=O) groups excluding carboxylic acids is 1. The summed E-state index contributed by atoms with van der Waals surface area (Å²) in [4.78, 5) is 12.2. The Morgan fingerprint density at radius 2 is 2.04 bits per heavy atom. The van der Waals surface area contributed by atoms with Gasteiger partial charge >= 0.3 is 0 Å². The molecule has 1 heterocycles. The summed E-state index contributed by atoms with van der Waals surface area (Å²) in [5.41, 5.74) is 0.332. The van der Waals surface area contributed by atoms with Gasteiger partial charge in [0.25, 0.3) is 0 Å². The van der Waals surface area contributed by atoms with Crippen LogP contribution in [-0.2, 0) is 15.1 Å². The number of nitrogens with one attached hydrogen (secondary N) is 1. The zero-order chi connectivity index (χ0) is 17.0. The molecule has 1 N–H and O–H groups in total. The number of rotatable bonds is 5. The zero-order valence-corrected chi connectivity index (χ0v) is 14.1. The molecule has 0 spiro atoms. The Morgan fingerprint density at radius 3 is 2.71 bits per heavy atom. The summed E-state index contributed by atoms with van der Waals surface area (Å²) < 4.78 is 6.70. The van der Waals surface area contributed by atoms with E-state index in [4.69, 9.17) is 4.74 Å². The molecule has 1 aliphatic carbocycles. The van der Waals surface area contributed by atoms with Crippen LogP contribution in [0, 0.1) is 5.92 Å². The third-order valence-corrected chi connectivity index (χ3v) is 4.68. The van der Waals surface area contributed by atoms with Gasteiger partial charge in [0, 0.05) is 7.11 Å². The lowest BCUT2D eigenvalue weighted by Gasteiger charge is -2.38. The second kappa shape index (κ2) is 7.09. The summed E-state index contributed by atoms with van der Waals surface area (Å²) >= 11 is 0. The van der Waals surface area contributed by atoms with Crippen molar-refractivity contribution in [1.82, 2.24) is 25.5 Å². The topological polar surface area (TPSA) is 81.9 Å². The predicted octanol–water partition coefficient (Wildman–Crippen LogP) is 1.83. The van der Waals surface area contributed by atoms with Crippen molar-refractivity contribution in [2.24, 2.45) is 5.92 Å². The van der Waals surface area contributed by atoms with E-state index in [9.17, 15) is 4.79 Å². The van der Waals surface area contributed by atoms with Gasteiger partial charge in [0.15, 0.2) is 5.82 Å². The molecular formula is C17H23N5O2. The maximum atomic E-state index is 12.2. The van der Waals surface area contributed by atoms with E-state index >= 15 is 0 Å². The number of tetrazole rings is 1. The third-order valence-electron chi connectivity index (χ3n) is 4.68. The molecule has 0 atom stereocenters. The highest BCUT2D eigenvalue weighted by molar-refractivity contribution is 5.78. The van der Waals surface area contributed by atoms with E-state index in [1.807, 2.05) is 30.3 Å². The van der Waals surface area contributed by atoms with E-state index in [2.05, 4.69) is 27.8 Å². The number of nitrogens with zero attached hydrogens (tertiary/aromatic N) is 4. The molecule has 24 heavy (non-hydrogen) atoms. The number of aromatic nitrogens is 4. The fourth-order valence-electron chi connectivity index (χ4n) is 3.32. The number of carbonyl (C=O) groups is 1. The van der Waals surface area contributed by atoms with Crippen molar-refractivity contribution in [3.05, 3.63) is 36.2 Å². The largest absolute Gasteiger partial charge is 0.375 e. The maximum Gasteiger partial charge on any atom is 0.246 e. The van der Waals surface area contributed by atoms with Gasteiger partial charge in [-0.2, -0.15) is 4.68 Å². The first-order valence-electron chi connectivity index (χ1n) is 8.29. The van der Waals surface area contributed by atoms with Crippen LogP contribution in [0.15, 0.2) is 30.3 Å². The van der Waals surface area contributed by atoms with Crippen molar-refractivity contribution < 1.29 is 9.53 Å². The standard InChI is InChI=1S/C17H23N5O2/c1-13-8-10-17(11-9-13,18-15(23)12-24-2)16-19-20-21-22(16)14-6-4-3-5-7-14/h3-7,13H,8-12H2,1-2H3,(H,18,23). The molecule has 0 unspecified atom stereocenters. The van der Waals surface area contributed by atoms with Gasteiger partial charge < -0.3 is 10.1 Å². The van der Waals surface area contributed by atoms with Crippen LogP contribution in [0.1, 0.15) is 38.4 Å². The molecule has 7 nitrogen and oxygen atoms in total. The SMILES string of the molecule is COCC(=O)NC1(c2nnnn2-c2ccccc2)CCC(C)CC1. The normalized spacial score (nSPS) is 23.8. The predicted molar refractivity (Wildman–Crippen MR) is 88.5 cm³/mol. The molecule has 0 bridgehead atoms. The molecule has 0 saturated heterocycles. The summed E-state index contributed by atoms with van der Waals surface area (Å²) in [5.74, 6) is 1.18. The summed E-state index contributed by atoms with van der Waals surface area (Å²) in [6.07, 6.45) is 3.68. The Bertz CT molecular complexity index is 677. The highest BCUT2D eigenvalue weighted by Crippen LogP contribution is 2.39. The first-order chi connectivity index (χ1) is 11.6. The average molecular weight is 329 g/mol. The number of hydrogen-bond donors (Lipinski definition) is 1. The smallest absolute Gasteiger partial charge is 0.246 e. The minimum absolute atomic E-state index is 0.0320. The van der Waals surface area contributed by atoms with Crippen molar-refractivity contribution >= 4 is 5.91 Å². The first kappa shape index (κ1) is 16.6. The van der Waals surface area contributed by atoms with Crippen molar-refractivity contribution in [2.45, 2.75) is 38.1 Å². The molecule has 1 fully saturated rings. The van der Waals surface area contributed by atoms with Gasteiger partial charge in [0.1, 0.15) is 12.1 Å². The van der Waals surface area contributed by atoms with Gasteiger partial charge in [0.2, 0.25) is 5.91 Å². The number of benzene rings is 1. The van der Waals surface area contributed by atoms with Gasteiger partial charge in [0.05, 0.1) is 5.69 Å². The molecule has 7 heteroatoms. The van der Waals surface area contributed by atoms with Gasteiger partial charge in [-0.25, -0.2) is 0 Å². The first-order valence-corrected chi connectivity index (χ1v) is 8.29. The van der Waals surface area contributed by atoms with E-state index < -0.39 is 5.54 Å². The lowest BCUT2D eigenvalue weighted by molar-refractivity contribution is -0.127. The molecule has 1 aliphatic rings. The molecule has 1 aromatic heterocycles. The van der Waals surface area contributed by atoms with Crippen LogP contribution in [0.2, 0.25) is 0 Å². The van der Waals surface area contributed by atoms with E-state index in [1.54, 1.807) is 4.68 Å². The van der Waals surface area contributed by atoms with Crippen LogP contribution in [-0.4, -0.2) is 39.8 Å². The minimum Gasteiger partial charge on any atom is -0.375 e. The Morgan fingerprint density at radius 1 is 1.33 bits per heavy atom. The highest BCUT2D eigenvalue weighted by atomic mass is 16.5. The molecule has 2 aromatic rings. The van der Waals surface area contributed by atoms with Crippen LogP contribution >= 0.6 is 0 Å². The minimum atomic E-state index is -0.554. The molecule has 0 radical (unpaired) electrons. The van der Waals surface area contributed by atoms with Crippen LogP contribution in [0.5, 0.6) is 0 Å². The molecule has 1 amide bonds. The monoisotopic (exact) mass is 329 g/mol. The summed E-state index contributed by atoms with van der Waals surface area (Å²) in [6, 6.07) is 9.75. The molecular weight excluding hydrogens is 306 g/mol. The lowest BCUT2D eigenvalue weighted by Crippen LogP contribution is -2.50. The van der Waals surface area contributed by atoms with Crippen molar-refractivity contribution in [1.29, 1.82) is 0 Å². The molecule has 128 valence electrons. The van der Waals surface area contributed by atoms with Crippen molar-refractivity contribution in [2.75, 3.05) is 13.7 Å². The maximum absolute atomic E-state index is 12.2. The van der Waals surface area contributed by atoms with Crippen LogP contribution < -0.4 is 5.32 Å². The average Bonchev–Trinajstić information content (AvgIpc) is 3.09. The number of para-hydroxylation sites is 1. The van der Waals surface area contributed by atoms with E-state index in [0.29, 0.717) is 11.7 Å². The number of ether oxygens (including phenoxy) is 1. The lowest BCUT2D eigenvalue weighted by atomic mass is 9.76.